The molecular formula is C19H25NO3. The van der Waals surface area contributed by atoms with Gasteiger partial charge in [-0.05, 0) is 56.4 Å². The van der Waals surface area contributed by atoms with Gasteiger partial charge in [0, 0.05) is 12.1 Å². The summed E-state index contributed by atoms with van der Waals surface area (Å²) in [7, 11) is 0. The number of carbonyl (C=O) groups is 1. The van der Waals surface area contributed by atoms with Crippen LogP contribution >= 0.6 is 0 Å². The van der Waals surface area contributed by atoms with Crippen LogP contribution in [0.25, 0.3) is 0 Å². The van der Waals surface area contributed by atoms with Crippen molar-refractivity contribution in [3.05, 3.63) is 35.9 Å². The van der Waals surface area contributed by atoms with Crippen molar-refractivity contribution in [3.8, 4) is 0 Å². The highest BCUT2D eigenvalue weighted by Crippen LogP contribution is 2.50. The number of aliphatic hydroxyl groups is 1. The summed E-state index contributed by atoms with van der Waals surface area (Å²) < 4.78 is 5.55. The molecular weight excluding hydrogens is 290 g/mol. The topological polar surface area (TPSA) is 49.8 Å². The van der Waals surface area contributed by atoms with E-state index < -0.39 is 5.60 Å². The second-order valence-corrected chi connectivity index (χ2v) is 7.47. The molecule has 2 bridgehead atoms. The van der Waals surface area contributed by atoms with Crippen LogP contribution in [0.3, 0.4) is 0 Å². The first kappa shape index (κ1) is 15.0. The summed E-state index contributed by atoms with van der Waals surface area (Å²) in [5.41, 5.74) is 0.476. The molecule has 0 aromatic heterocycles. The summed E-state index contributed by atoms with van der Waals surface area (Å²) in [6.45, 7) is 0.322. The Labute approximate surface area is 137 Å². The molecule has 23 heavy (non-hydrogen) atoms. The number of nitrogens with zero attached hydrogens (tertiary/aromatic N) is 1. The summed E-state index contributed by atoms with van der Waals surface area (Å²) >= 11 is 0. The van der Waals surface area contributed by atoms with Crippen molar-refractivity contribution in [3.63, 3.8) is 0 Å². The van der Waals surface area contributed by atoms with Crippen molar-refractivity contribution in [1.29, 1.82) is 0 Å². The summed E-state index contributed by atoms with van der Waals surface area (Å²) in [5.74, 6) is 0.466. The Bertz CT molecular complexity index is 555. The molecule has 2 heterocycles. The average molecular weight is 315 g/mol. The van der Waals surface area contributed by atoms with Crippen molar-refractivity contribution < 1.29 is 14.6 Å². The summed E-state index contributed by atoms with van der Waals surface area (Å²) in [4.78, 5) is 14.5. The quantitative estimate of drug-likeness (QED) is 0.929. The van der Waals surface area contributed by atoms with Gasteiger partial charge in [0.05, 0.1) is 5.60 Å². The van der Waals surface area contributed by atoms with Crippen LogP contribution in [0.4, 0.5) is 4.79 Å². The predicted octanol–water partition coefficient (Wildman–Crippen LogP) is 3.48. The van der Waals surface area contributed by atoms with Gasteiger partial charge in [-0.15, -0.1) is 0 Å². The monoisotopic (exact) mass is 315 g/mol. The lowest BCUT2D eigenvalue weighted by molar-refractivity contribution is -0.0968. The van der Waals surface area contributed by atoms with Crippen LogP contribution in [-0.4, -0.2) is 33.8 Å². The third-order valence-corrected chi connectivity index (χ3v) is 5.79. The van der Waals surface area contributed by atoms with Crippen molar-refractivity contribution in [2.75, 3.05) is 0 Å². The Morgan fingerprint density at radius 3 is 2.39 bits per heavy atom. The lowest BCUT2D eigenvalue weighted by atomic mass is 9.73. The molecule has 124 valence electrons. The highest BCUT2D eigenvalue weighted by molar-refractivity contribution is 5.69. The molecule has 1 amide bonds. The van der Waals surface area contributed by atoms with Gasteiger partial charge in [0.2, 0.25) is 0 Å². The van der Waals surface area contributed by atoms with Crippen molar-refractivity contribution in [2.24, 2.45) is 5.92 Å². The highest BCUT2D eigenvalue weighted by atomic mass is 16.6. The fraction of sp³-hybridized carbons (Fsp3) is 0.632. The van der Waals surface area contributed by atoms with Crippen molar-refractivity contribution in [1.82, 2.24) is 4.90 Å². The van der Waals surface area contributed by atoms with Crippen molar-refractivity contribution in [2.45, 2.75) is 69.2 Å². The van der Waals surface area contributed by atoms with E-state index in [4.69, 9.17) is 4.74 Å². The fourth-order valence-corrected chi connectivity index (χ4v) is 4.51. The summed E-state index contributed by atoms with van der Waals surface area (Å²) in [6.07, 6.45) is 6.68. The zero-order chi connectivity index (χ0) is 15.9. The van der Waals surface area contributed by atoms with E-state index in [0.29, 0.717) is 12.5 Å². The van der Waals surface area contributed by atoms with Crippen LogP contribution in [0, 0.1) is 5.92 Å². The number of rotatable bonds is 3. The zero-order valence-corrected chi connectivity index (χ0v) is 13.5. The van der Waals surface area contributed by atoms with E-state index in [-0.39, 0.29) is 18.2 Å². The van der Waals surface area contributed by atoms with Gasteiger partial charge in [0.15, 0.2) is 0 Å². The molecule has 1 saturated carbocycles. The molecule has 2 saturated heterocycles. The van der Waals surface area contributed by atoms with Gasteiger partial charge < -0.3 is 14.7 Å². The number of piperidine rings is 2. The molecule has 4 heteroatoms. The van der Waals surface area contributed by atoms with Gasteiger partial charge in [0.25, 0.3) is 0 Å². The van der Waals surface area contributed by atoms with Crippen molar-refractivity contribution >= 4 is 6.09 Å². The van der Waals surface area contributed by atoms with E-state index in [1.807, 2.05) is 35.2 Å². The largest absolute Gasteiger partial charge is 0.445 e. The molecule has 1 N–H and O–H groups in total. The second-order valence-electron chi connectivity index (χ2n) is 7.47. The number of benzene rings is 1. The van der Waals surface area contributed by atoms with Gasteiger partial charge in [-0.2, -0.15) is 0 Å². The molecule has 4 nitrogen and oxygen atoms in total. The van der Waals surface area contributed by atoms with Crippen LogP contribution in [0.1, 0.15) is 50.5 Å². The first-order valence-corrected chi connectivity index (χ1v) is 8.87. The number of fused-ring (bicyclic) bond motifs is 2. The fourth-order valence-electron chi connectivity index (χ4n) is 4.51. The van der Waals surface area contributed by atoms with E-state index in [9.17, 15) is 9.90 Å². The standard InChI is InChI=1S/C19H25NO3/c21-18(23-13-14-5-2-1-3-6-14)20-16-7-4-8-17(20)12-19(22,11-16)15-9-10-15/h1-3,5-6,15-17,22H,4,7-13H2. The van der Waals surface area contributed by atoms with Gasteiger partial charge in [-0.25, -0.2) is 4.79 Å². The van der Waals surface area contributed by atoms with E-state index in [2.05, 4.69) is 0 Å². The molecule has 4 rings (SSSR count). The molecule has 1 aromatic rings. The smallest absolute Gasteiger partial charge is 0.410 e. The highest BCUT2D eigenvalue weighted by Gasteiger charge is 2.53. The molecule has 1 aromatic carbocycles. The number of amides is 1. The van der Waals surface area contributed by atoms with E-state index in [1.54, 1.807) is 0 Å². The Hall–Kier alpha value is -1.55. The lowest BCUT2D eigenvalue weighted by Crippen LogP contribution is -2.60. The number of ether oxygens (including phenoxy) is 1. The Balaban J connectivity index is 1.43. The number of hydrogen-bond acceptors (Lipinski definition) is 3. The van der Waals surface area contributed by atoms with Gasteiger partial charge in [0.1, 0.15) is 6.61 Å². The van der Waals surface area contributed by atoms with Crippen LogP contribution in [0.2, 0.25) is 0 Å². The summed E-state index contributed by atoms with van der Waals surface area (Å²) in [5, 5.41) is 10.9. The molecule has 0 radical (unpaired) electrons. The predicted molar refractivity (Wildman–Crippen MR) is 86.8 cm³/mol. The number of hydrogen-bond donors (Lipinski definition) is 1. The molecule has 2 aliphatic heterocycles. The maximum Gasteiger partial charge on any atom is 0.410 e. The van der Waals surface area contributed by atoms with Gasteiger partial charge in [-0.3, -0.25) is 0 Å². The Morgan fingerprint density at radius 1 is 1.13 bits per heavy atom. The zero-order valence-electron chi connectivity index (χ0n) is 13.5. The number of carbonyl (C=O) groups excluding carboxylic acids is 1. The normalized spacial score (nSPS) is 33.3. The molecule has 3 fully saturated rings. The second kappa shape index (κ2) is 5.82. The average Bonchev–Trinajstić information content (AvgIpc) is 3.38. The minimum atomic E-state index is -0.536. The van der Waals surface area contributed by atoms with E-state index in [0.717, 1.165) is 50.5 Å². The van der Waals surface area contributed by atoms with Crippen LogP contribution in [0.5, 0.6) is 0 Å². The van der Waals surface area contributed by atoms with E-state index >= 15 is 0 Å². The minimum absolute atomic E-state index is 0.149. The third-order valence-electron chi connectivity index (χ3n) is 5.79. The first-order chi connectivity index (χ1) is 11.2. The summed E-state index contributed by atoms with van der Waals surface area (Å²) in [6, 6.07) is 10.1. The van der Waals surface area contributed by atoms with Crippen LogP contribution < -0.4 is 0 Å². The molecule has 0 spiro atoms. The van der Waals surface area contributed by atoms with Crippen LogP contribution in [0.15, 0.2) is 30.3 Å². The molecule has 1 aliphatic carbocycles. The maximum atomic E-state index is 12.6. The van der Waals surface area contributed by atoms with Gasteiger partial charge >= 0.3 is 6.09 Å². The first-order valence-electron chi connectivity index (χ1n) is 8.87. The molecule has 3 aliphatic rings. The Morgan fingerprint density at radius 2 is 1.78 bits per heavy atom. The minimum Gasteiger partial charge on any atom is -0.445 e. The third kappa shape index (κ3) is 2.97. The van der Waals surface area contributed by atoms with E-state index in [1.165, 1.54) is 0 Å². The van der Waals surface area contributed by atoms with Gasteiger partial charge in [-0.1, -0.05) is 30.3 Å². The Kier molecular flexibility index (Phi) is 3.80. The molecule has 2 atom stereocenters. The lowest BCUT2D eigenvalue weighted by Gasteiger charge is -2.51. The molecule has 2 unspecified atom stereocenters. The maximum absolute atomic E-state index is 12.6. The SMILES string of the molecule is O=C(OCc1ccccc1)N1C2CCCC1CC(O)(C1CC1)C2. The van der Waals surface area contributed by atoms with Crippen LogP contribution in [-0.2, 0) is 11.3 Å².